The van der Waals surface area contributed by atoms with Gasteiger partial charge in [-0.15, -0.1) is 0 Å². The Morgan fingerprint density at radius 2 is 1.83 bits per heavy atom. The fourth-order valence-electron chi connectivity index (χ4n) is 4.33. The second-order valence-corrected chi connectivity index (χ2v) is 8.66. The Hall–Kier alpha value is -3.01. The molecule has 0 fully saturated rings. The summed E-state index contributed by atoms with van der Waals surface area (Å²) >= 11 is 0. The van der Waals surface area contributed by atoms with E-state index in [2.05, 4.69) is 35.9 Å². The van der Waals surface area contributed by atoms with E-state index in [1.165, 1.54) is 0 Å². The monoisotopic (exact) mass is 400 g/mol. The van der Waals surface area contributed by atoms with Gasteiger partial charge in [-0.2, -0.15) is 0 Å². The summed E-state index contributed by atoms with van der Waals surface area (Å²) in [5.41, 5.74) is 5.87. The van der Waals surface area contributed by atoms with Crippen LogP contribution in [0, 0.1) is 11.8 Å². The normalized spacial score (nSPS) is 16.0. The first-order chi connectivity index (χ1) is 14.5. The van der Waals surface area contributed by atoms with Gasteiger partial charge in [-0.25, -0.2) is 0 Å². The van der Waals surface area contributed by atoms with Crippen molar-refractivity contribution < 1.29 is 9.59 Å². The van der Waals surface area contributed by atoms with Crippen molar-refractivity contribution in [1.29, 1.82) is 0 Å². The van der Waals surface area contributed by atoms with E-state index in [1.54, 1.807) is 12.4 Å². The second kappa shape index (κ2) is 8.78. The van der Waals surface area contributed by atoms with E-state index < -0.39 is 0 Å². The Balaban J connectivity index is 1.71. The minimum Gasteiger partial charge on any atom is -0.358 e. The fraction of sp³-hybridized carbons (Fsp3) is 0.346. The lowest BCUT2D eigenvalue weighted by Gasteiger charge is -2.21. The molecule has 0 spiro atoms. The molecule has 154 valence electrons. The molecule has 0 amide bonds. The number of fused-ring (bicyclic) bond motifs is 1. The predicted octanol–water partition coefficient (Wildman–Crippen LogP) is 5.42. The van der Waals surface area contributed by atoms with E-state index in [0.717, 1.165) is 40.1 Å². The molecule has 1 aromatic carbocycles. The van der Waals surface area contributed by atoms with Gasteiger partial charge in [0.1, 0.15) is 5.78 Å². The third-order valence-corrected chi connectivity index (χ3v) is 5.96. The van der Waals surface area contributed by atoms with Gasteiger partial charge in [0.15, 0.2) is 5.78 Å². The van der Waals surface area contributed by atoms with Crippen LogP contribution in [0.15, 0.2) is 54.9 Å². The summed E-state index contributed by atoms with van der Waals surface area (Å²) in [6, 6.07) is 14.1. The third kappa shape index (κ3) is 4.28. The van der Waals surface area contributed by atoms with E-state index in [4.69, 9.17) is 0 Å². The number of rotatable bonds is 7. The molecular weight excluding hydrogens is 372 g/mol. The van der Waals surface area contributed by atoms with Crippen LogP contribution in [0.5, 0.6) is 0 Å². The number of nitrogens with one attached hydrogen (secondary N) is 1. The zero-order valence-corrected chi connectivity index (χ0v) is 17.7. The molecule has 0 saturated heterocycles. The summed E-state index contributed by atoms with van der Waals surface area (Å²) in [7, 11) is 0. The summed E-state index contributed by atoms with van der Waals surface area (Å²) in [4.78, 5) is 33.6. The number of Topliss-reactive ketones (excluding diaryl/α,β-unsaturated/α-hetero) is 2. The molecule has 1 unspecified atom stereocenters. The van der Waals surface area contributed by atoms with Gasteiger partial charge in [-0.3, -0.25) is 14.6 Å². The molecule has 3 aromatic rings. The number of hydrogen-bond acceptors (Lipinski definition) is 3. The molecule has 0 bridgehead atoms. The molecule has 0 aliphatic heterocycles. The topological polar surface area (TPSA) is 62.8 Å². The molecule has 30 heavy (non-hydrogen) atoms. The van der Waals surface area contributed by atoms with E-state index in [1.807, 2.05) is 30.3 Å². The van der Waals surface area contributed by atoms with Gasteiger partial charge in [0, 0.05) is 54.4 Å². The van der Waals surface area contributed by atoms with Crippen molar-refractivity contribution >= 4 is 11.6 Å². The molecule has 1 aliphatic carbocycles. The lowest BCUT2D eigenvalue weighted by atomic mass is 9.80. The summed E-state index contributed by atoms with van der Waals surface area (Å²) in [6.45, 7) is 4.25. The second-order valence-electron chi connectivity index (χ2n) is 8.66. The van der Waals surface area contributed by atoms with Gasteiger partial charge in [-0.05, 0) is 42.0 Å². The number of nitrogens with zero attached hydrogens (tertiary/aromatic N) is 1. The van der Waals surface area contributed by atoms with Gasteiger partial charge in [0.25, 0.3) is 0 Å². The first-order valence-corrected chi connectivity index (χ1v) is 10.8. The Bertz CT molecular complexity index is 1040. The van der Waals surface area contributed by atoms with Crippen LogP contribution in [0.25, 0.3) is 11.3 Å². The van der Waals surface area contributed by atoms with Crippen molar-refractivity contribution in [3.05, 3.63) is 77.2 Å². The Morgan fingerprint density at radius 1 is 1.10 bits per heavy atom. The van der Waals surface area contributed by atoms with Crippen molar-refractivity contribution in [2.45, 2.75) is 46.0 Å². The number of pyridine rings is 1. The molecule has 1 aliphatic rings. The van der Waals surface area contributed by atoms with Crippen molar-refractivity contribution in [2.75, 3.05) is 0 Å². The maximum Gasteiger partial charge on any atom is 0.165 e. The Morgan fingerprint density at radius 3 is 2.53 bits per heavy atom. The highest BCUT2D eigenvalue weighted by molar-refractivity contribution is 6.04. The minimum atomic E-state index is -0.211. The number of ketones is 2. The highest BCUT2D eigenvalue weighted by atomic mass is 16.1. The molecule has 4 heteroatoms. The van der Waals surface area contributed by atoms with Crippen molar-refractivity contribution in [2.24, 2.45) is 11.8 Å². The number of H-pyrrole nitrogens is 1. The van der Waals surface area contributed by atoms with Crippen LogP contribution >= 0.6 is 0 Å². The van der Waals surface area contributed by atoms with Gasteiger partial charge in [-0.1, -0.05) is 44.2 Å². The Kier molecular flexibility index (Phi) is 5.93. The van der Waals surface area contributed by atoms with E-state index in [9.17, 15) is 9.59 Å². The SMILES string of the molecule is CC(C)CCC(=O)C1CC(=O)c2c([nH]c(-c3ccncc3)c2Cc2ccccc2)C1. The van der Waals surface area contributed by atoms with Crippen LogP contribution in [0.2, 0.25) is 0 Å². The molecule has 4 nitrogen and oxygen atoms in total. The van der Waals surface area contributed by atoms with Crippen molar-refractivity contribution in [3.8, 4) is 11.3 Å². The number of carbonyl (C=O) groups excluding carboxylic acids is 2. The number of aromatic amines is 1. The molecule has 2 heterocycles. The quantitative estimate of drug-likeness (QED) is 0.576. The van der Waals surface area contributed by atoms with Crippen LogP contribution in [0.3, 0.4) is 0 Å². The molecule has 1 atom stereocenters. The van der Waals surface area contributed by atoms with Crippen LogP contribution in [-0.2, 0) is 17.6 Å². The molecule has 1 N–H and O–H groups in total. The van der Waals surface area contributed by atoms with Crippen molar-refractivity contribution in [3.63, 3.8) is 0 Å². The largest absolute Gasteiger partial charge is 0.358 e. The smallest absolute Gasteiger partial charge is 0.165 e. The summed E-state index contributed by atoms with van der Waals surface area (Å²) in [6.07, 6.45) is 6.58. The minimum absolute atomic E-state index is 0.0848. The van der Waals surface area contributed by atoms with Crippen molar-refractivity contribution in [1.82, 2.24) is 9.97 Å². The summed E-state index contributed by atoms with van der Waals surface area (Å²) < 4.78 is 0. The molecule has 0 radical (unpaired) electrons. The lowest BCUT2D eigenvalue weighted by molar-refractivity contribution is -0.123. The predicted molar refractivity (Wildman–Crippen MR) is 118 cm³/mol. The zero-order chi connectivity index (χ0) is 21.1. The van der Waals surface area contributed by atoms with E-state index in [0.29, 0.717) is 31.6 Å². The maximum atomic E-state index is 13.2. The lowest BCUT2D eigenvalue weighted by Crippen LogP contribution is -2.27. The molecule has 2 aromatic heterocycles. The Labute approximate surface area is 177 Å². The van der Waals surface area contributed by atoms with Gasteiger partial charge < -0.3 is 4.98 Å². The van der Waals surface area contributed by atoms with E-state index in [-0.39, 0.29) is 17.5 Å². The zero-order valence-electron chi connectivity index (χ0n) is 17.7. The highest BCUT2D eigenvalue weighted by Gasteiger charge is 2.34. The molecular formula is C26H28N2O2. The van der Waals surface area contributed by atoms with E-state index >= 15 is 0 Å². The number of benzene rings is 1. The van der Waals surface area contributed by atoms with Gasteiger partial charge in [0.2, 0.25) is 0 Å². The summed E-state index contributed by atoms with van der Waals surface area (Å²) in [5.74, 6) is 0.580. The average molecular weight is 401 g/mol. The maximum absolute atomic E-state index is 13.2. The van der Waals surface area contributed by atoms with Crippen LogP contribution < -0.4 is 0 Å². The standard InChI is InChI=1S/C26H28N2O2/c1-17(2)8-9-23(29)20-15-22-25(24(30)16-20)21(14-18-6-4-3-5-7-18)26(28-22)19-10-12-27-13-11-19/h3-7,10-13,17,20,28H,8-9,14-16H2,1-2H3. The third-order valence-electron chi connectivity index (χ3n) is 5.96. The molecule has 0 saturated carbocycles. The number of aromatic nitrogens is 2. The number of carbonyl (C=O) groups is 2. The fourth-order valence-corrected chi connectivity index (χ4v) is 4.33. The number of hydrogen-bond donors (Lipinski definition) is 1. The van der Waals surface area contributed by atoms with Crippen LogP contribution in [0.4, 0.5) is 0 Å². The molecule has 4 rings (SSSR count). The summed E-state index contributed by atoms with van der Waals surface area (Å²) in [5, 5.41) is 0. The van der Waals surface area contributed by atoms with Gasteiger partial charge in [0.05, 0.1) is 5.69 Å². The van der Waals surface area contributed by atoms with Crippen LogP contribution in [-0.4, -0.2) is 21.5 Å². The highest BCUT2D eigenvalue weighted by Crippen LogP contribution is 2.36. The van der Waals surface area contributed by atoms with Gasteiger partial charge >= 0.3 is 0 Å². The first kappa shape index (κ1) is 20.3. The van der Waals surface area contributed by atoms with Crippen LogP contribution in [0.1, 0.15) is 60.3 Å². The average Bonchev–Trinajstić information content (AvgIpc) is 3.12. The first-order valence-electron chi connectivity index (χ1n) is 10.8.